The molecule has 1 atom stereocenters. The molecule has 1 unspecified atom stereocenters. The number of carbonyl (C=O) groups is 2. The molecule has 1 aliphatic rings. The molecule has 2 rings (SSSR count). The molecule has 0 fully saturated rings. The van der Waals surface area contributed by atoms with Gasteiger partial charge in [-0.3, -0.25) is 0 Å². The van der Waals surface area contributed by atoms with Crippen molar-refractivity contribution in [3.8, 4) is 0 Å². The number of hydrogen-bond acceptors (Lipinski definition) is 4. The van der Waals surface area contributed by atoms with Gasteiger partial charge in [0.1, 0.15) is 5.60 Å². The summed E-state index contributed by atoms with van der Waals surface area (Å²) in [5.74, 6) is -1.07. The molecule has 0 bridgehead atoms. The Labute approximate surface area is 128 Å². The molecule has 116 valence electrons. The van der Waals surface area contributed by atoms with E-state index in [0.29, 0.717) is 4.88 Å². The average Bonchev–Trinajstić information content (AvgIpc) is 2.76. The number of ether oxygens (including phenoxy) is 1. The maximum Gasteiger partial charge on any atom is 0.408 e. The van der Waals surface area contributed by atoms with Crippen LogP contribution in [0.1, 0.15) is 55.0 Å². The predicted octanol–water partition coefficient (Wildman–Crippen LogP) is 3.28. The molecule has 21 heavy (non-hydrogen) atoms. The highest BCUT2D eigenvalue weighted by Gasteiger charge is 2.28. The Morgan fingerprint density at radius 2 is 2.00 bits per heavy atom. The number of aryl methyl sites for hydroxylation is 2. The molecule has 1 aliphatic carbocycles. The first-order valence-electron chi connectivity index (χ1n) is 7.10. The average molecular weight is 311 g/mol. The molecule has 0 aliphatic heterocycles. The molecule has 0 radical (unpaired) electrons. The highest BCUT2D eigenvalue weighted by Crippen LogP contribution is 2.33. The lowest BCUT2D eigenvalue weighted by atomic mass is 9.99. The zero-order chi connectivity index (χ0) is 15.6. The smallest absolute Gasteiger partial charge is 0.408 e. The molecule has 1 aromatic heterocycles. The second-order valence-electron chi connectivity index (χ2n) is 6.22. The molecule has 1 amide bonds. The molecular weight excluding hydrogens is 290 g/mol. The van der Waals surface area contributed by atoms with E-state index >= 15 is 0 Å². The van der Waals surface area contributed by atoms with Crippen LogP contribution in [-0.4, -0.2) is 22.8 Å². The topological polar surface area (TPSA) is 75.6 Å². The Kier molecular flexibility index (Phi) is 4.56. The van der Waals surface area contributed by atoms with Crippen molar-refractivity contribution in [1.29, 1.82) is 0 Å². The van der Waals surface area contributed by atoms with Gasteiger partial charge in [0.25, 0.3) is 0 Å². The second-order valence-corrected chi connectivity index (χ2v) is 7.39. The summed E-state index contributed by atoms with van der Waals surface area (Å²) in [6, 6.07) is 0.866. The summed E-state index contributed by atoms with van der Waals surface area (Å²) in [5.41, 5.74) is 0.570. The fraction of sp³-hybridized carbons (Fsp3) is 0.600. The van der Waals surface area contributed by atoms with Crippen LogP contribution in [-0.2, 0) is 22.4 Å². The van der Waals surface area contributed by atoms with E-state index in [9.17, 15) is 14.7 Å². The Hall–Kier alpha value is -1.56. The van der Waals surface area contributed by atoms with E-state index in [1.807, 2.05) is 6.07 Å². The van der Waals surface area contributed by atoms with Gasteiger partial charge in [0.05, 0.1) is 0 Å². The van der Waals surface area contributed by atoms with Crippen LogP contribution in [0.5, 0.6) is 0 Å². The van der Waals surface area contributed by atoms with Gasteiger partial charge in [-0.25, -0.2) is 9.59 Å². The van der Waals surface area contributed by atoms with Crippen LogP contribution in [0.3, 0.4) is 0 Å². The number of amides is 1. The summed E-state index contributed by atoms with van der Waals surface area (Å²) in [5, 5.41) is 11.8. The van der Waals surface area contributed by atoms with Crippen LogP contribution in [0.2, 0.25) is 0 Å². The van der Waals surface area contributed by atoms with E-state index < -0.39 is 23.7 Å². The monoisotopic (exact) mass is 311 g/mol. The zero-order valence-electron chi connectivity index (χ0n) is 12.6. The maximum atomic E-state index is 11.8. The summed E-state index contributed by atoms with van der Waals surface area (Å²) in [4.78, 5) is 25.2. The predicted molar refractivity (Wildman–Crippen MR) is 80.7 cm³/mol. The molecule has 0 saturated carbocycles. The first-order valence-corrected chi connectivity index (χ1v) is 7.92. The fourth-order valence-electron chi connectivity index (χ4n) is 2.34. The van der Waals surface area contributed by atoms with Crippen molar-refractivity contribution in [2.45, 2.75) is 58.1 Å². The van der Waals surface area contributed by atoms with Gasteiger partial charge >= 0.3 is 12.1 Å². The van der Waals surface area contributed by atoms with Gasteiger partial charge in [-0.15, -0.1) is 11.3 Å². The lowest BCUT2D eigenvalue weighted by Gasteiger charge is -2.21. The van der Waals surface area contributed by atoms with Gasteiger partial charge in [-0.1, -0.05) is 0 Å². The standard InChI is InChI=1S/C15H21NO4S/c1-15(2,3)20-14(19)16-12(13(17)18)11-8-9-6-4-5-7-10(9)21-11/h8,12H,4-7H2,1-3H3,(H,16,19)(H,17,18). The minimum absolute atomic E-state index is 0.651. The summed E-state index contributed by atoms with van der Waals surface area (Å²) < 4.78 is 5.13. The highest BCUT2D eigenvalue weighted by atomic mass is 32.1. The van der Waals surface area contributed by atoms with E-state index in [1.54, 1.807) is 20.8 Å². The van der Waals surface area contributed by atoms with Crippen LogP contribution in [0, 0.1) is 0 Å². The van der Waals surface area contributed by atoms with Crippen LogP contribution in [0.25, 0.3) is 0 Å². The minimum Gasteiger partial charge on any atom is -0.479 e. The molecule has 2 N–H and O–H groups in total. The van der Waals surface area contributed by atoms with Crippen LogP contribution >= 0.6 is 11.3 Å². The van der Waals surface area contributed by atoms with E-state index in [2.05, 4.69) is 5.32 Å². The quantitative estimate of drug-likeness (QED) is 0.898. The zero-order valence-corrected chi connectivity index (χ0v) is 13.4. The summed E-state index contributed by atoms with van der Waals surface area (Å²) >= 11 is 1.48. The van der Waals surface area contributed by atoms with Crippen molar-refractivity contribution < 1.29 is 19.4 Å². The van der Waals surface area contributed by atoms with Crippen LogP contribution < -0.4 is 5.32 Å². The van der Waals surface area contributed by atoms with Crippen molar-refractivity contribution in [1.82, 2.24) is 5.32 Å². The van der Waals surface area contributed by atoms with Gasteiger partial charge in [0.15, 0.2) is 6.04 Å². The molecule has 0 aromatic carbocycles. The normalized spacial score (nSPS) is 16.0. The largest absolute Gasteiger partial charge is 0.479 e. The number of thiophene rings is 1. The van der Waals surface area contributed by atoms with Gasteiger partial charge in [0.2, 0.25) is 0 Å². The number of carbonyl (C=O) groups excluding carboxylic acids is 1. The number of alkyl carbamates (subject to hydrolysis) is 1. The second kappa shape index (κ2) is 6.05. The van der Waals surface area contributed by atoms with Crippen molar-refractivity contribution in [2.75, 3.05) is 0 Å². The minimum atomic E-state index is -1.07. The number of hydrogen-bond donors (Lipinski definition) is 2. The van der Waals surface area contributed by atoms with E-state index in [0.717, 1.165) is 25.7 Å². The van der Waals surface area contributed by atoms with E-state index in [-0.39, 0.29) is 0 Å². The van der Waals surface area contributed by atoms with Gasteiger partial charge in [0, 0.05) is 9.75 Å². The number of carboxylic acid groups (broad SMARTS) is 1. The number of aliphatic carboxylic acids is 1. The third-order valence-electron chi connectivity index (χ3n) is 3.21. The van der Waals surface area contributed by atoms with Crippen LogP contribution in [0.15, 0.2) is 6.07 Å². The molecule has 1 heterocycles. The number of rotatable bonds is 3. The Morgan fingerprint density at radius 1 is 1.33 bits per heavy atom. The fourth-order valence-corrected chi connectivity index (χ4v) is 3.64. The Morgan fingerprint density at radius 3 is 2.57 bits per heavy atom. The number of carboxylic acids is 1. The van der Waals surface area contributed by atoms with Gasteiger partial charge < -0.3 is 15.2 Å². The molecular formula is C15H21NO4S. The van der Waals surface area contributed by atoms with Crippen molar-refractivity contribution in [2.24, 2.45) is 0 Å². The first kappa shape index (κ1) is 15.8. The van der Waals surface area contributed by atoms with Crippen molar-refractivity contribution in [3.05, 3.63) is 21.4 Å². The van der Waals surface area contributed by atoms with Crippen molar-refractivity contribution >= 4 is 23.4 Å². The molecule has 0 saturated heterocycles. The third kappa shape index (κ3) is 4.20. The Bertz CT molecular complexity index is 521. The SMILES string of the molecule is CC(C)(C)OC(=O)NC(C(=O)O)c1cc2c(s1)CCCC2. The summed E-state index contributed by atoms with van der Waals surface area (Å²) in [6.45, 7) is 5.23. The van der Waals surface area contributed by atoms with Gasteiger partial charge in [-0.2, -0.15) is 0 Å². The molecule has 1 aromatic rings. The van der Waals surface area contributed by atoms with E-state index in [1.165, 1.54) is 21.8 Å². The molecule has 0 spiro atoms. The molecule has 5 nitrogen and oxygen atoms in total. The lowest BCUT2D eigenvalue weighted by molar-refractivity contribution is -0.139. The van der Waals surface area contributed by atoms with Gasteiger partial charge in [-0.05, 0) is 58.1 Å². The number of nitrogens with one attached hydrogen (secondary N) is 1. The van der Waals surface area contributed by atoms with E-state index in [4.69, 9.17) is 4.74 Å². The maximum absolute atomic E-state index is 11.8. The Balaban J connectivity index is 2.14. The molecule has 6 heteroatoms. The van der Waals surface area contributed by atoms with Crippen molar-refractivity contribution in [3.63, 3.8) is 0 Å². The van der Waals surface area contributed by atoms with Crippen LogP contribution in [0.4, 0.5) is 4.79 Å². The lowest BCUT2D eigenvalue weighted by Crippen LogP contribution is -2.37. The third-order valence-corrected chi connectivity index (χ3v) is 4.51. The number of fused-ring (bicyclic) bond motifs is 1. The highest BCUT2D eigenvalue weighted by molar-refractivity contribution is 7.12. The summed E-state index contributed by atoms with van der Waals surface area (Å²) in [6.07, 6.45) is 3.56. The first-order chi connectivity index (χ1) is 9.76. The summed E-state index contributed by atoms with van der Waals surface area (Å²) in [7, 11) is 0.